The maximum absolute atomic E-state index is 14.0. The summed E-state index contributed by atoms with van der Waals surface area (Å²) in [4.78, 5) is 38.9. The molecule has 3 amide bonds. The largest absolute Gasteiger partial charge is 0.369 e. The number of aryl methyl sites for hydroxylation is 1. The van der Waals surface area contributed by atoms with E-state index in [1.807, 2.05) is 0 Å². The van der Waals surface area contributed by atoms with Gasteiger partial charge in [-0.25, -0.2) is 4.39 Å². The van der Waals surface area contributed by atoms with Crippen LogP contribution in [0.3, 0.4) is 0 Å². The number of carbonyl (C=O) groups is 3. The highest BCUT2D eigenvalue weighted by Crippen LogP contribution is 2.22. The van der Waals surface area contributed by atoms with Crippen molar-refractivity contribution < 1.29 is 18.8 Å². The maximum atomic E-state index is 14.0. The van der Waals surface area contributed by atoms with Crippen molar-refractivity contribution in [3.05, 3.63) is 65.0 Å². The molecule has 4 N–H and O–H groups in total. The highest BCUT2D eigenvalue weighted by molar-refractivity contribution is 6.09. The molecule has 0 spiro atoms. The fraction of sp³-hybridized carbons (Fsp3) is 0.375. The molecule has 8 heteroatoms. The van der Waals surface area contributed by atoms with Gasteiger partial charge in [0.1, 0.15) is 5.82 Å². The van der Waals surface area contributed by atoms with Crippen molar-refractivity contribution in [2.24, 2.45) is 11.7 Å². The molecule has 0 aromatic heterocycles. The van der Waals surface area contributed by atoms with Gasteiger partial charge < -0.3 is 21.3 Å². The summed E-state index contributed by atoms with van der Waals surface area (Å²) >= 11 is 0. The molecule has 1 unspecified atom stereocenters. The first kappa shape index (κ1) is 23.4. The summed E-state index contributed by atoms with van der Waals surface area (Å²) in [6.45, 7) is 4.56. The lowest BCUT2D eigenvalue weighted by Gasteiger charge is -2.31. The van der Waals surface area contributed by atoms with Gasteiger partial charge in [0.25, 0.3) is 11.8 Å². The highest BCUT2D eigenvalue weighted by Gasteiger charge is 2.23. The van der Waals surface area contributed by atoms with Gasteiger partial charge >= 0.3 is 0 Å². The Kier molecular flexibility index (Phi) is 7.94. The van der Waals surface area contributed by atoms with Gasteiger partial charge in [-0.1, -0.05) is 24.3 Å². The van der Waals surface area contributed by atoms with E-state index in [4.69, 9.17) is 5.73 Å². The Morgan fingerprint density at radius 2 is 1.84 bits per heavy atom. The zero-order chi connectivity index (χ0) is 23.1. The van der Waals surface area contributed by atoms with Crippen LogP contribution in [0.5, 0.6) is 0 Å². The standard InChI is InChI=1S/C24H29FN4O3/c1-16-7-4-10-19(21(16)28-24(32)18-9-2-3-11-20(18)25)23(31)27-12-6-14-29-13-5-8-17(15-29)22(26)30/h2-4,7,9-11,17H,5-6,8,12-15H2,1H3,(H2,26,30)(H,27,31)(H,28,32). The number of benzene rings is 2. The molecule has 1 aliphatic rings. The first-order chi connectivity index (χ1) is 15.4. The molecule has 1 heterocycles. The lowest BCUT2D eigenvalue weighted by Crippen LogP contribution is -2.42. The van der Waals surface area contributed by atoms with E-state index in [-0.39, 0.29) is 23.3 Å². The summed E-state index contributed by atoms with van der Waals surface area (Å²) < 4.78 is 14.0. The number of carbonyl (C=O) groups excluding carboxylic acids is 3. The Labute approximate surface area is 187 Å². The molecule has 0 bridgehead atoms. The smallest absolute Gasteiger partial charge is 0.258 e. The molecule has 2 aromatic carbocycles. The predicted octanol–water partition coefficient (Wildman–Crippen LogP) is 2.70. The van der Waals surface area contributed by atoms with E-state index in [2.05, 4.69) is 15.5 Å². The van der Waals surface area contributed by atoms with Gasteiger partial charge in [-0.3, -0.25) is 14.4 Å². The van der Waals surface area contributed by atoms with Crippen LogP contribution in [0.4, 0.5) is 10.1 Å². The predicted molar refractivity (Wildman–Crippen MR) is 121 cm³/mol. The molecule has 3 rings (SSSR count). The summed E-state index contributed by atoms with van der Waals surface area (Å²) in [7, 11) is 0. The van der Waals surface area contributed by atoms with E-state index in [0.717, 1.165) is 32.4 Å². The number of para-hydroxylation sites is 1. The number of anilines is 1. The molecule has 170 valence electrons. The lowest BCUT2D eigenvalue weighted by atomic mass is 9.97. The van der Waals surface area contributed by atoms with Crippen molar-refractivity contribution in [3.8, 4) is 0 Å². The number of likely N-dealkylation sites (tertiary alicyclic amines) is 1. The van der Waals surface area contributed by atoms with Gasteiger partial charge in [0.15, 0.2) is 0 Å². The first-order valence-electron chi connectivity index (χ1n) is 10.8. The van der Waals surface area contributed by atoms with E-state index in [0.29, 0.717) is 29.9 Å². The van der Waals surface area contributed by atoms with Gasteiger partial charge in [-0.2, -0.15) is 0 Å². The number of nitrogens with one attached hydrogen (secondary N) is 2. The van der Waals surface area contributed by atoms with Crippen molar-refractivity contribution in [1.82, 2.24) is 10.2 Å². The number of nitrogens with two attached hydrogens (primary N) is 1. The Balaban J connectivity index is 1.57. The molecular formula is C24H29FN4O3. The van der Waals surface area contributed by atoms with Crippen molar-refractivity contribution >= 4 is 23.4 Å². The van der Waals surface area contributed by atoms with Gasteiger partial charge in [-0.05, 0) is 63.0 Å². The van der Waals surface area contributed by atoms with Crippen LogP contribution in [0.25, 0.3) is 0 Å². The summed E-state index contributed by atoms with van der Waals surface area (Å²) in [6.07, 6.45) is 2.49. The van der Waals surface area contributed by atoms with Crippen molar-refractivity contribution in [3.63, 3.8) is 0 Å². The molecule has 0 aliphatic carbocycles. The molecule has 1 saturated heterocycles. The summed E-state index contributed by atoms with van der Waals surface area (Å²) in [5.74, 6) is -1.91. The topological polar surface area (TPSA) is 105 Å². The lowest BCUT2D eigenvalue weighted by molar-refractivity contribution is -0.123. The van der Waals surface area contributed by atoms with Gasteiger partial charge in [0, 0.05) is 13.1 Å². The average Bonchev–Trinajstić information content (AvgIpc) is 2.78. The minimum atomic E-state index is -0.624. The molecule has 2 aromatic rings. The molecule has 0 radical (unpaired) electrons. The number of halogens is 1. The Morgan fingerprint density at radius 3 is 2.59 bits per heavy atom. The van der Waals surface area contributed by atoms with Crippen LogP contribution in [0.2, 0.25) is 0 Å². The minimum Gasteiger partial charge on any atom is -0.369 e. The van der Waals surface area contributed by atoms with Crippen molar-refractivity contribution in [2.45, 2.75) is 26.2 Å². The van der Waals surface area contributed by atoms with Crippen LogP contribution in [0.1, 0.15) is 45.5 Å². The third kappa shape index (κ3) is 5.91. The van der Waals surface area contributed by atoms with Crippen molar-refractivity contribution in [1.29, 1.82) is 0 Å². The third-order valence-corrected chi connectivity index (χ3v) is 5.72. The number of nitrogens with zero attached hydrogens (tertiary/aromatic N) is 1. The van der Waals surface area contributed by atoms with Crippen LogP contribution in [-0.2, 0) is 4.79 Å². The van der Waals surface area contributed by atoms with Crippen LogP contribution in [-0.4, -0.2) is 48.8 Å². The van der Waals surface area contributed by atoms with Crippen molar-refractivity contribution in [2.75, 3.05) is 31.5 Å². The van der Waals surface area contributed by atoms with E-state index in [1.54, 1.807) is 31.2 Å². The molecule has 1 atom stereocenters. The second-order valence-corrected chi connectivity index (χ2v) is 8.08. The van der Waals surface area contributed by atoms with Crippen LogP contribution < -0.4 is 16.4 Å². The summed E-state index contributed by atoms with van der Waals surface area (Å²) in [5, 5.41) is 5.56. The SMILES string of the molecule is Cc1cccc(C(=O)NCCCN2CCCC(C(N)=O)C2)c1NC(=O)c1ccccc1F. The molecular weight excluding hydrogens is 411 g/mol. The van der Waals surface area contributed by atoms with E-state index in [1.165, 1.54) is 18.2 Å². The monoisotopic (exact) mass is 440 g/mol. The Morgan fingerprint density at radius 1 is 1.09 bits per heavy atom. The van der Waals surface area contributed by atoms with Crippen LogP contribution in [0, 0.1) is 18.7 Å². The zero-order valence-electron chi connectivity index (χ0n) is 18.2. The maximum Gasteiger partial charge on any atom is 0.258 e. The Bertz CT molecular complexity index is 995. The fourth-order valence-corrected chi connectivity index (χ4v) is 3.94. The summed E-state index contributed by atoms with van der Waals surface area (Å²) in [5.41, 5.74) is 6.72. The highest BCUT2D eigenvalue weighted by atomic mass is 19.1. The van der Waals surface area contributed by atoms with E-state index >= 15 is 0 Å². The van der Waals surface area contributed by atoms with Crippen LogP contribution in [0.15, 0.2) is 42.5 Å². The molecule has 32 heavy (non-hydrogen) atoms. The number of hydrogen-bond acceptors (Lipinski definition) is 4. The molecule has 1 aliphatic heterocycles. The zero-order valence-corrected chi connectivity index (χ0v) is 18.2. The van der Waals surface area contributed by atoms with E-state index < -0.39 is 11.7 Å². The second kappa shape index (κ2) is 10.9. The number of primary amides is 1. The van der Waals surface area contributed by atoms with Gasteiger partial charge in [0.05, 0.1) is 22.7 Å². The third-order valence-electron chi connectivity index (χ3n) is 5.72. The molecule has 7 nitrogen and oxygen atoms in total. The molecule has 0 saturated carbocycles. The average molecular weight is 441 g/mol. The number of rotatable bonds is 8. The fourth-order valence-electron chi connectivity index (χ4n) is 3.94. The van der Waals surface area contributed by atoms with Crippen LogP contribution >= 0.6 is 0 Å². The molecule has 1 fully saturated rings. The number of hydrogen-bond donors (Lipinski definition) is 3. The van der Waals surface area contributed by atoms with E-state index in [9.17, 15) is 18.8 Å². The Hall–Kier alpha value is -3.26. The number of amides is 3. The normalized spacial score (nSPS) is 16.4. The first-order valence-corrected chi connectivity index (χ1v) is 10.8. The van der Waals surface area contributed by atoms with Gasteiger partial charge in [0.2, 0.25) is 5.91 Å². The summed E-state index contributed by atoms with van der Waals surface area (Å²) in [6, 6.07) is 10.8. The van der Waals surface area contributed by atoms with Gasteiger partial charge in [-0.15, -0.1) is 0 Å². The number of piperidine rings is 1. The second-order valence-electron chi connectivity index (χ2n) is 8.08. The minimum absolute atomic E-state index is 0.0853. The quantitative estimate of drug-likeness (QED) is 0.549.